The van der Waals surface area contributed by atoms with Gasteiger partial charge in [-0.25, -0.2) is 4.68 Å². The van der Waals surface area contributed by atoms with E-state index in [2.05, 4.69) is 10.3 Å². The van der Waals surface area contributed by atoms with Crippen LogP contribution in [0.5, 0.6) is 0 Å². The normalized spacial score (nSPS) is 32.7. The van der Waals surface area contributed by atoms with E-state index in [1.807, 2.05) is 30.3 Å². The van der Waals surface area contributed by atoms with Crippen molar-refractivity contribution in [2.75, 3.05) is 0 Å². The van der Waals surface area contributed by atoms with Crippen molar-refractivity contribution in [2.45, 2.75) is 50.3 Å². The molecule has 5 unspecified atom stereocenters. The highest BCUT2D eigenvalue weighted by molar-refractivity contribution is 5.30. The fraction of sp³-hybridized carbons (Fsp3) is 0.500. The predicted octanol–water partition coefficient (Wildman–Crippen LogP) is 0.538. The molecular formula is C16H19N3O5. The summed E-state index contributed by atoms with van der Waals surface area (Å²) in [6.45, 7) is 3.50. The molecule has 8 nitrogen and oxygen atoms in total. The van der Waals surface area contributed by atoms with Gasteiger partial charge in [0.05, 0.1) is 11.9 Å². The molecule has 0 bridgehead atoms. The fourth-order valence-electron chi connectivity index (χ4n) is 3.06. The Bertz CT molecular complexity index is 720. The number of rotatable bonds is 3. The van der Waals surface area contributed by atoms with Gasteiger partial charge in [-0.1, -0.05) is 23.4 Å². The number of aliphatic hydroxyl groups excluding tert-OH is 2. The number of para-hydroxylation sites is 1. The van der Waals surface area contributed by atoms with E-state index in [1.54, 1.807) is 24.7 Å². The maximum absolute atomic E-state index is 10.5. The molecule has 0 spiro atoms. The van der Waals surface area contributed by atoms with Crippen LogP contribution >= 0.6 is 0 Å². The van der Waals surface area contributed by atoms with Crippen LogP contribution in [-0.2, 0) is 14.2 Å². The van der Waals surface area contributed by atoms with Gasteiger partial charge in [0.15, 0.2) is 12.1 Å². The first-order valence-electron chi connectivity index (χ1n) is 7.79. The van der Waals surface area contributed by atoms with Crippen molar-refractivity contribution in [1.82, 2.24) is 15.0 Å². The lowest BCUT2D eigenvalue weighted by molar-refractivity contribution is -0.226. The molecule has 1 aromatic heterocycles. The zero-order valence-corrected chi connectivity index (χ0v) is 13.3. The highest BCUT2D eigenvalue weighted by Crippen LogP contribution is 2.40. The van der Waals surface area contributed by atoms with Crippen molar-refractivity contribution in [2.24, 2.45) is 0 Å². The molecule has 0 amide bonds. The molecule has 0 saturated carbocycles. The summed E-state index contributed by atoms with van der Waals surface area (Å²) in [5.41, 5.74) is 1.13. The molecule has 2 N–H and O–H groups in total. The largest absolute Gasteiger partial charge is 0.387 e. The topological polar surface area (TPSA) is 98.9 Å². The van der Waals surface area contributed by atoms with Crippen LogP contribution in [-0.4, -0.2) is 55.6 Å². The summed E-state index contributed by atoms with van der Waals surface area (Å²) in [5, 5.41) is 28.9. The Labute approximate surface area is 138 Å². The quantitative estimate of drug-likeness (QED) is 0.845. The van der Waals surface area contributed by atoms with Crippen molar-refractivity contribution >= 4 is 0 Å². The molecule has 5 atom stereocenters. The van der Waals surface area contributed by atoms with Crippen LogP contribution in [0, 0.1) is 0 Å². The molecule has 24 heavy (non-hydrogen) atoms. The summed E-state index contributed by atoms with van der Waals surface area (Å²) < 4.78 is 18.4. The summed E-state index contributed by atoms with van der Waals surface area (Å²) >= 11 is 0. The van der Waals surface area contributed by atoms with Gasteiger partial charge in [-0.3, -0.25) is 0 Å². The van der Waals surface area contributed by atoms with Crippen molar-refractivity contribution in [3.05, 3.63) is 42.2 Å². The van der Waals surface area contributed by atoms with E-state index in [1.165, 1.54) is 0 Å². The fourth-order valence-corrected chi connectivity index (χ4v) is 3.06. The Morgan fingerprint density at radius 2 is 1.96 bits per heavy atom. The van der Waals surface area contributed by atoms with Gasteiger partial charge >= 0.3 is 0 Å². The highest BCUT2D eigenvalue weighted by atomic mass is 16.8. The predicted molar refractivity (Wildman–Crippen MR) is 81.0 cm³/mol. The minimum Gasteiger partial charge on any atom is -0.387 e. The molecule has 2 aliphatic rings. The molecule has 2 aliphatic heterocycles. The van der Waals surface area contributed by atoms with Crippen LogP contribution in [0.2, 0.25) is 0 Å². The first kappa shape index (κ1) is 15.7. The van der Waals surface area contributed by atoms with Gasteiger partial charge in [0.2, 0.25) is 0 Å². The second-order valence-corrected chi connectivity index (χ2v) is 6.43. The molecule has 3 heterocycles. The van der Waals surface area contributed by atoms with E-state index < -0.39 is 36.5 Å². The Hall–Kier alpha value is -1.84. The Morgan fingerprint density at radius 1 is 1.21 bits per heavy atom. The van der Waals surface area contributed by atoms with Crippen molar-refractivity contribution in [1.29, 1.82) is 0 Å². The second-order valence-electron chi connectivity index (χ2n) is 6.43. The van der Waals surface area contributed by atoms with Gasteiger partial charge in [-0.2, -0.15) is 0 Å². The number of nitrogens with zero attached hydrogens (tertiary/aromatic N) is 3. The molecule has 4 rings (SSSR count). The molecule has 8 heteroatoms. The van der Waals surface area contributed by atoms with Crippen molar-refractivity contribution < 1.29 is 24.4 Å². The lowest BCUT2D eigenvalue weighted by atomic mass is 10.0. The third kappa shape index (κ3) is 2.62. The molecule has 0 aliphatic carbocycles. The van der Waals surface area contributed by atoms with Crippen molar-refractivity contribution in [3.8, 4) is 5.69 Å². The Morgan fingerprint density at radius 3 is 2.67 bits per heavy atom. The number of hydrogen-bond acceptors (Lipinski definition) is 7. The van der Waals surface area contributed by atoms with Gasteiger partial charge in [-0.15, -0.1) is 5.10 Å². The van der Waals surface area contributed by atoms with E-state index in [0.29, 0.717) is 5.69 Å². The van der Waals surface area contributed by atoms with Gasteiger partial charge < -0.3 is 24.4 Å². The number of ether oxygens (including phenoxy) is 3. The first-order chi connectivity index (χ1) is 11.4. The number of benzene rings is 1. The van der Waals surface area contributed by atoms with Crippen LogP contribution in [0.1, 0.15) is 25.6 Å². The maximum Gasteiger partial charge on any atom is 0.190 e. The second kappa shape index (κ2) is 5.61. The van der Waals surface area contributed by atoms with E-state index in [0.717, 1.165) is 5.69 Å². The summed E-state index contributed by atoms with van der Waals surface area (Å²) in [7, 11) is 0. The molecule has 1 aromatic carbocycles. The summed E-state index contributed by atoms with van der Waals surface area (Å²) in [6.07, 6.45) is -2.79. The average molecular weight is 333 g/mol. The Kier molecular flexibility index (Phi) is 3.66. The standard InChI is InChI=1S/C16H19N3O5/c1-16(2)23-14-12(21)13(22-15(14)24-16)11(20)10-8-19(18-17-10)9-6-4-3-5-7-9/h3-8,11-15,20-21H,1-2H3. The van der Waals surface area contributed by atoms with Crippen LogP contribution < -0.4 is 0 Å². The molecule has 0 radical (unpaired) electrons. The smallest absolute Gasteiger partial charge is 0.190 e. The SMILES string of the molecule is CC1(C)OC2OC(C(O)c3cn(-c4ccccc4)nn3)C(O)C2O1. The van der Waals surface area contributed by atoms with Crippen LogP contribution in [0.25, 0.3) is 5.69 Å². The van der Waals surface area contributed by atoms with Crippen molar-refractivity contribution in [3.63, 3.8) is 0 Å². The van der Waals surface area contributed by atoms with Crippen LogP contribution in [0.15, 0.2) is 36.5 Å². The summed E-state index contributed by atoms with van der Waals surface area (Å²) in [4.78, 5) is 0. The third-order valence-electron chi connectivity index (χ3n) is 4.20. The van der Waals surface area contributed by atoms with Gasteiger partial charge in [0, 0.05) is 0 Å². The summed E-state index contributed by atoms with van der Waals surface area (Å²) in [5.74, 6) is -0.817. The van der Waals surface area contributed by atoms with Crippen LogP contribution in [0.3, 0.4) is 0 Å². The minimum atomic E-state index is -1.14. The highest BCUT2D eigenvalue weighted by Gasteiger charge is 2.56. The first-order valence-corrected chi connectivity index (χ1v) is 7.79. The van der Waals surface area contributed by atoms with Gasteiger partial charge in [-0.05, 0) is 26.0 Å². The Balaban J connectivity index is 1.51. The van der Waals surface area contributed by atoms with E-state index in [4.69, 9.17) is 14.2 Å². The summed E-state index contributed by atoms with van der Waals surface area (Å²) in [6, 6.07) is 9.42. The lowest BCUT2D eigenvalue weighted by Gasteiger charge is -2.24. The van der Waals surface area contributed by atoms with E-state index >= 15 is 0 Å². The third-order valence-corrected chi connectivity index (χ3v) is 4.20. The zero-order valence-electron chi connectivity index (χ0n) is 13.3. The number of fused-ring (bicyclic) bond motifs is 1. The molecule has 2 fully saturated rings. The monoisotopic (exact) mass is 333 g/mol. The average Bonchev–Trinajstić information content (AvgIpc) is 3.23. The zero-order chi connectivity index (χ0) is 16.9. The number of hydrogen-bond donors (Lipinski definition) is 2. The minimum absolute atomic E-state index is 0.308. The number of aliphatic hydroxyl groups is 2. The van der Waals surface area contributed by atoms with Gasteiger partial charge in [0.25, 0.3) is 0 Å². The molecule has 2 aromatic rings. The van der Waals surface area contributed by atoms with E-state index in [9.17, 15) is 10.2 Å². The lowest BCUT2D eigenvalue weighted by Crippen LogP contribution is -2.37. The van der Waals surface area contributed by atoms with Crippen LogP contribution in [0.4, 0.5) is 0 Å². The number of aromatic nitrogens is 3. The van der Waals surface area contributed by atoms with E-state index in [-0.39, 0.29) is 0 Å². The maximum atomic E-state index is 10.5. The molecular weight excluding hydrogens is 314 g/mol. The van der Waals surface area contributed by atoms with Gasteiger partial charge in [0.1, 0.15) is 30.1 Å². The molecule has 2 saturated heterocycles. The molecule has 128 valence electrons.